The predicted molar refractivity (Wildman–Crippen MR) is 528 cm³/mol. The number of halogens is 3. The number of amides is 4. The van der Waals surface area contributed by atoms with Gasteiger partial charge in [-0.15, -0.1) is 11.3 Å². The molecule has 0 aliphatic carbocycles. The molecule has 43 heteroatoms. The number of para-hydroxylation sites is 1. The van der Waals surface area contributed by atoms with Gasteiger partial charge in [0.05, 0.1) is 42.5 Å². The van der Waals surface area contributed by atoms with E-state index in [1.54, 1.807) is 132 Å². The van der Waals surface area contributed by atoms with E-state index >= 15 is 0 Å². The molecule has 8 aromatic carbocycles. The Kier molecular flexibility index (Phi) is 29.0. The smallest absolute Gasteiger partial charge is 0.268 e. The number of anilines is 9. The molecule has 0 spiro atoms. The van der Waals surface area contributed by atoms with E-state index in [0.717, 1.165) is 118 Å². The number of nitrogens with one attached hydrogen (secondary N) is 6. The van der Waals surface area contributed by atoms with Gasteiger partial charge in [-0.25, -0.2) is 63.6 Å². The maximum atomic E-state index is 13.3. The standard InChI is InChI=1S/C24H24N6O4S.C24H24N6O3S.C23H24ClN5O3S2.C19H15Cl2N3O4S2.7H2/c31-19-3-6-22-21(14-19)17(15-26-22)13-24(32)30-11-9-29(10-12-30)18-1-4-20(5-2-18)35(33,34)28-23-7-8-25-16-27-23;31-24(15-18-16-26-22-4-2-1-3-21(18)22)30-13-11-29(12-14-30)19-5-7-20(8-6-19)34(32,33)28-23-9-10-25-17-27-23;24-18-3-8-21-17(14-18)2-1-11-29(21)22(30)16-9-12-28(13-10-16)19-4-6-20(7-5-19)34(31,32)27-23-25-15-26-33-23;20-15-6-3-13(11-16(15)21)28-17-7-9-24(18(17)25)12-1-4-14(5-2-12)30(26,27)23-19-22-8-10-29-19;;;;;;;/h1-8,14-16,26,31H,9-13H2,(H,25,27,28);1-10,16-17,26H,11-15H2,(H,25,27,28);3-8,14-16H,1-2,9-13H2,(H,25,26,27);1-6,8,10-11,17H,7,9H2,(H,22,23);7*1H. The summed E-state index contributed by atoms with van der Waals surface area (Å²) in [5.74, 6) is 1.15. The zero-order valence-electron chi connectivity index (χ0n) is 70.8. The zero-order chi connectivity index (χ0) is 93.0. The normalized spacial score (nSPS) is 15.5. The van der Waals surface area contributed by atoms with Gasteiger partial charge < -0.3 is 54.1 Å². The van der Waals surface area contributed by atoms with Gasteiger partial charge in [0.2, 0.25) is 22.9 Å². The monoisotopic (exact) mass is 1980 g/mol. The number of phenolic OH excluding ortho intramolecular Hbond substituents is 1. The number of hydrogen-bond acceptors (Lipinski definition) is 26. The molecule has 19 rings (SSSR count). The molecule has 5 aliphatic heterocycles. The molecule has 6 aromatic heterocycles. The molecule has 4 saturated heterocycles. The van der Waals surface area contributed by atoms with Crippen LogP contribution in [0.1, 0.15) is 52.4 Å². The second-order valence-electron chi connectivity index (χ2n) is 31.3. The number of aromatic hydroxyl groups is 1. The molecule has 5 aliphatic rings. The lowest BCUT2D eigenvalue weighted by Crippen LogP contribution is -2.49. The van der Waals surface area contributed by atoms with E-state index in [2.05, 4.69) is 77.8 Å². The molecular formula is C90H101Cl3N20O14S6. The highest BCUT2D eigenvalue weighted by atomic mass is 35.5. The van der Waals surface area contributed by atoms with Crippen molar-refractivity contribution in [3.63, 3.8) is 0 Å². The molecule has 0 bridgehead atoms. The van der Waals surface area contributed by atoms with Crippen LogP contribution in [0.5, 0.6) is 11.5 Å². The van der Waals surface area contributed by atoms with Crippen LogP contribution in [0.3, 0.4) is 0 Å². The molecule has 0 radical (unpaired) electrons. The maximum Gasteiger partial charge on any atom is 0.268 e. The zero-order valence-corrected chi connectivity index (χ0v) is 77.9. The Labute approximate surface area is 799 Å². The summed E-state index contributed by atoms with van der Waals surface area (Å²) in [6, 6.07) is 52.9. The van der Waals surface area contributed by atoms with E-state index in [1.165, 1.54) is 73.2 Å². The van der Waals surface area contributed by atoms with Crippen LogP contribution in [0.4, 0.5) is 50.3 Å². The Bertz CT molecular complexity index is 6990. The second-order valence-corrected chi connectivity index (χ2v) is 40.9. The number of nitrogens with zero attached hydrogens (tertiary/aromatic N) is 14. The van der Waals surface area contributed by atoms with Gasteiger partial charge in [-0.05, 0) is 206 Å². The summed E-state index contributed by atoms with van der Waals surface area (Å²) in [4.78, 5) is 95.6. The molecule has 1 atom stereocenters. The van der Waals surface area contributed by atoms with Crippen LogP contribution in [-0.4, -0.2) is 201 Å². The van der Waals surface area contributed by atoms with Crippen molar-refractivity contribution in [2.75, 3.05) is 122 Å². The van der Waals surface area contributed by atoms with E-state index in [0.29, 0.717) is 98.2 Å². The summed E-state index contributed by atoms with van der Waals surface area (Å²) in [7, 11) is -14.9. The molecule has 4 amide bonds. The number of phenols is 1. The summed E-state index contributed by atoms with van der Waals surface area (Å²) in [6.07, 6.45) is 15.9. The summed E-state index contributed by atoms with van der Waals surface area (Å²) in [5.41, 5.74) is 9.26. The highest BCUT2D eigenvalue weighted by Gasteiger charge is 2.37. The molecule has 7 N–H and O–H groups in total. The fourth-order valence-electron chi connectivity index (χ4n) is 16.0. The van der Waals surface area contributed by atoms with Gasteiger partial charge in [-0.1, -0.05) is 53.0 Å². The highest BCUT2D eigenvalue weighted by Crippen LogP contribution is 2.37. The van der Waals surface area contributed by atoms with Crippen LogP contribution in [0, 0.1) is 5.92 Å². The van der Waals surface area contributed by atoms with Crippen molar-refractivity contribution in [1.82, 2.24) is 54.0 Å². The summed E-state index contributed by atoms with van der Waals surface area (Å²) < 4.78 is 120. The predicted octanol–water partition coefficient (Wildman–Crippen LogP) is 15.4. The number of aryl methyl sites for hydroxylation is 1. The first kappa shape index (κ1) is 93.2. The SMILES string of the molecule is O=C(C1CCN(c2ccc(S(=O)(=O)Nc3ncns3)cc2)CC1)N1CCCc2cc(Cl)ccc21.O=C(Cc1c[nH]c2ccc(O)cc12)N1CCN(c2ccc(S(=O)(=O)Nc3ccncn3)cc2)CC1.O=C(Cc1c[nH]c2ccccc12)N1CCN(c2ccc(S(=O)(=O)Nc3ccncn3)cc2)CC1.O=C1C(Oc2ccc(Cl)c(Cl)c2)CCN1c1ccc(S(=O)(=O)Nc2nccs2)cc1.[HH].[HH].[HH].[HH].[HH].[HH].[HH]. The molecule has 4 fully saturated rings. The average molecular weight is 1990 g/mol. The minimum atomic E-state index is -3.75. The highest BCUT2D eigenvalue weighted by molar-refractivity contribution is 7.93. The van der Waals surface area contributed by atoms with Crippen LogP contribution in [0.25, 0.3) is 21.8 Å². The lowest BCUT2D eigenvalue weighted by Gasteiger charge is -2.37. The molecule has 34 nitrogen and oxygen atoms in total. The number of aromatic amines is 2. The van der Waals surface area contributed by atoms with Gasteiger partial charge in [0.1, 0.15) is 42.1 Å². The third kappa shape index (κ3) is 23.0. The lowest BCUT2D eigenvalue weighted by molar-refractivity contribution is -0.131. The molecular weight excluding hydrogens is 1880 g/mol. The molecule has 1 unspecified atom stereocenters. The van der Waals surface area contributed by atoms with Crippen LogP contribution in [-0.2, 0) is 78.5 Å². The molecule has 0 saturated carbocycles. The minimum Gasteiger partial charge on any atom is -0.508 e. The minimum absolute atomic E-state index is 0. The lowest BCUT2D eigenvalue weighted by atomic mass is 9.93. The van der Waals surface area contributed by atoms with Gasteiger partial charge >= 0.3 is 0 Å². The molecule has 14 aromatic rings. The van der Waals surface area contributed by atoms with Gasteiger partial charge in [0, 0.05) is 210 Å². The maximum absolute atomic E-state index is 13.3. The van der Waals surface area contributed by atoms with Crippen molar-refractivity contribution >= 4 is 194 Å². The first-order valence-electron chi connectivity index (χ1n) is 42.0. The molecule has 702 valence electrons. The summed E-state index contributed by atoms with van der Waals surface area (Å²) >= 11 is 20.2. The largest absolute Gasteiger partial charge is 0.508 e. The van der Waals surface area contributed by atoms with E-state index in [4.69, 9.17) is 39.5 Å². The second kappa shape index (κ2) is 41.4. The number of benzene rings is 8. The number of hydrogen-bond donors (Lipinski definition) is 7. The van der Waals surface area contributed by atoms with E-state index in [9.17, 15) is 58.0 Å². The number of fused-ring (bicyclic) bond motifs is 3. The van der Waals surface area contributed by atoms with Gasteiger partial charge in [0.25, 0.3) is 46.0 Å². The fraction of sp³-hybridized carbons (Fsp3) is 0.233. The van der Waals surface area contributed by atoms with Crippen molar-refractivity contribution < 1.29 is 72.7 Å². The van der Waals surface area contributed by atoms with Crippen LogP contribution in [0.15, 0.2) is 263 Å². The number of carbonyl (C=O) groups is 4. The van der Waals surface area contributed by atoms with Crippen LogP contribution in [0.2, 0.25) is 15.1 Å². The van der Waals surface area contributed by atoms with E-state index < -0.39 is 46.2 Å². The third-order valence-corrected chi connectivity index (χ3v) is 30.8. The molecule has 11 heterocycles. The van der Waals surface area contributed by atoms with Crippen molar-refractivity contribution in [3.8, 4) is 11.5 Å². The van der Waals surface area contributed by atoms with Crippen molar-refractivity contribution in [3.05, 3.63) is 275 Å². The summed E-state index contributed by atoms with van der Waals surface area (Å²) in [6.45, 7) is 7.73. The number of piperidine rings is 1. The van der Waals surface area contributed by atoms with Gasteiger partial charge in [0.15, 0.2) is 11.2 Å². The first-order valence-corrected chi connectivity index (χ1v) is 50.7. The third-order valence-electron chi connectivity index (χ3n) is 22.8. The summed E-state index contributed by atoms with van der Waals surface area (Å²) in [5, 5.41) is 15.3. The number of rotatable bonds is 23. The van der Waals surface area contributed by atoms with E-state index in [1.807, 2.05) is 69.6 Å². The van der Waals surface area contributed by atoms with Gasteiger partial charge in [-0.2, -0.15) is 4.37 Å². The number of H-pyrrole nitrogens is 2. The number of piperazine rings is 2. The van der Waals surface area contributed by atoms with Crippen molar-refractivity contribution in [2.45, 2.75) is 70.6 Å². The number of ether oxygens (including phenoxy) is 1. The van der Waals surface area contributed by atoms with Gasteiger partial charge in [-0.3, -0.25) is 38.1 Å². The number of sulfonamides is 4. The Morgan fingerprint density at radius 1 is 0.489 bits per heavy atom. The first-order chi connectivity index (χ1) is 64.1. The number of aromatic nitrogens is 9. The van der Waals surface area contributed by atoms with Crippen molar-refractivity contribution in [1.29, 1.82) is 0 Å². The Morgan fingerprint density at radius 3 is 1.53 bits per heavy atom. The molecule has 133 heavy (non-hydrogen) atoms. The number of carbonyl (C=O) groups excluding carboxylic acids is 4. The average Bonchev–Trinajstić information content (AvgIpc) is 1.46. The quantitative estimate of drug-likeness (QED) is 0.0313. The topological polar surface area (TPSA) is 427 Å². The van der Waals surface area contributed by atoms with Crippen molar-refractivity contribution in [2.24, 2.45) is 5.92 Å². The Balaban J connectivity index is 0.000000205. The van der Waals surface area contributed by atoms with Crippen LogP contribution < -0.4 is 48.1 Å². The Morgan fingerprint density at radius 2 is 1.01 bits per heavy atom. The number of thiazole rings is 1. The Hall–Kier alpha value is -13.1. The fourth-order valence-corrected chi connectivity index (χ4v) is 21.9. The van der Waals surface area contributed by atoms with Crippen LogP contribution >= 0.6 is 57.7 Å². The van der Waals surface area contributed by atoms with E-state index in [-0.39, 0.29) is 93.2 Å².